The number of ether oxygens (including phenoxy) is 1. The van der Waals surface area contributed by atoms with E-state index in [9.17, 15) is 4.79 Å². The average Bonchev–Trinajstić information content (AvgIpc) is 2.87. The van der Waals surface area contributed by atoms with E-state index in [1.807, 2.05) is 24.3 Å². The van der Waals surface area contributed by atoms with Gasteiger partial charge >= 0.3 is 5.97 Å². The molecular formula is C15H21NO3. The maximum atomic E-state index is 11.1. The summed E-state index contributed by atoms with van der Waals surface area (Å²) in [7, 11) is 1.66. The van der Waals surface area contributed by atoms with Crippen molar-refractivity contribution in [1.82, 2.24) is 5.32 Å². The minimum Gasteiger partial charge on any atom is -0.497 e. The maximum Gasteiger partial charge on any atom is 0.306 e. The second-order valence-electron chi connectivity index (χ2n) is 5.12. The predicted molar refractivity (Wildman–Crippen MR) is 73.2 cm³/mol. The number of hydrogen-bond donors (Lipinski definition) is 2. The lowest BCUT2D eigenvalue weighted by atomic mass is 9.96. The molecule has 1 aromatic rings. The molecule has 1 fully saturated rings. The van der Waals surface area contributed by atoms with E-state index in [0.717, 1.165) is 43.7 Å². The third-order valence-electron chi connectivity index (χ3n) is 3.85. The van der Waals surface area contributed by atoms with Crippen molar-refractivity contribution in [2.24, 2.45) is 11.8 Å². The van der Waals surface area contributed by atoms with Gasteiger partial charge in [0, 0.05) is 6.54 Å². The number of aliphatic carboxylic acids is 1. The highest BCUT2D eigenvalue weighted by Crippen LogP contribution is 2.31. The third-order valence-corrected chi connectivity index (χ3v) is 3.85. The first-order valence-corrected chi connectivity index (χ1v) is 6.77. The quantitative estimate of drug-likeness (QED) is 0.826. The van der Waals surface area contributed by atoms with Crippen LogP contribution in [-0.2, 0) is 11.3 Å². The van der Waals surface area contributed by atoms with Gasteiger partial charge in [-0.05, 0) is 43.0 Å². The number of nitrogens with one attached hydrogen (secondary N) is 1. The lowest BCUT2D eigenvalue weighted by Crippen LogP contribution is -2.28. The van der Waals surface area contributed by atoms with E-state index in [-0.39, 0.29) is 11.8 Å². The van der Waals surface area contributed by atoms with E-state index in [1.165, 1.54) is 0 Å². The Morgan fingerprint density at radius 2 is 2.32 bits per heavy atom. The molecule has 4 heteroatoms. The second kappa shape index (κ2) is 6.57. The fraction of sp³-hybridized carbons (Fsp3) is 0.533. The summed E-state index contributed by atoms with van der Waals surface area (Å²) >= 11 is 0. The van der Waals surface area contributed by atoms with E-state index in [1.54, 1.807) is 7.11 Å². The lowest BCUT2D eigenvalue weighted by molar-refractivity contribution is -0.142. The van der Waals surface area contributed by atoms with Crippen LogP contribution in [0.5, 0.6) is 5.75 Å². The molecule has 19 heavy (non-hydrogen) atoms. The van der Waals surface area contributed by atoms with Crippen molar-refractivity contribution in [2.45, 2.75) is 25.8 Å². The molecule has 0 aliphatic heterocycles. The molecule has 2 rings (SSSR count). The number of hydrogen-bond acceptors (Lipinski definition) is 3. The topological polar surface area (TPSA) is 58.6 Å². The minimum absolute atomic E-state index is 0.169. The van der Waals surface area contributed by atoms with Gasteiger partial charge in [0.15, 0.2) is 0 Å². The zero-order valence-electron chi connectivity index (χ0n) is 11.3. The molecule has 1 aliphatic carbocycles. The van der Waals surface area contributed by atoms with Crippen LogP contribution < -0.4 is 10.1 Å². The van der Waals surface area contributed by atoms with Gasteiger partial charge in [-0.2, -0.15) is 0 Å². The molecule has 0 aromatic heterocycles. The van der Waals surface area contributed by atoms with E-state index in [2.05, 4.69) is 5.32 Å². The van der Waals surface area contributed by atoms with Gasteiger partial charge in [0.1, 0.15) is 5.75 Å². The lowest BCUT2D eigenvalue weighted by Gasteiger charge is -2.16. The number of benzene rings is 1. The van der Waals surface area contributed by atoms with Crippen LogP contribution in [0.2, 0.25) is 0 Å². The summed E-state index contributed by atoms with van der Waals surface area (Å²) in [5.74, 6) is 0.301. The fourth-order valence-electron chi connectivity index (χ4n) is 2.79. The van der Waals surface area contributed by atoms with E-state index >= 15 is 0 Å². The Morgan fingerprint density at radius 3 is 3.05 bits per heavy atom. The second-order valence-corrected chi connectivity index (χ2v) is 5.12. The highest BCUT2D eigenvalue weighted by atomic mass is 16.5. The number of rotatable bonds is 6. The number of carboxylic acids is 1. The summed E-state index contributed by atoms with van der Waals surface area (Å²) in [6, 6.07) is 7.92. The van der Waals surface area contributed by atoms with Crippen LogP contribution in [0.4, 0.5) is 0 Å². The van der Waals surface area contributed by atoms with Gasteiger partial charge < -0.3 is 15.2 Å². The molecular weight excluding hydrogens is 242 g/mol. The van der Waals surface area contributed by atoms with Crippen LogP contribution in [0.15, 0.2) is 24.3 Å². The fourth-order valence-corrected chi connectivity index (χ4v) is 2.79. The predicted octanol–water partition coefficient (Wildman–Crippen LogP) is 2.29. The Hall–Kier alpha value is -1.55. The van der Waals surface area contributed by atoms with Crippen molar-refractivity contribution in [3.63, 3.8) is 0 Å². The van der Waals surface area contributed by atoms with E-state index in [4.69, 9.17) is 9.84 Å². The highest BCUT2D eigenvalue weighted by molar-refractivity contribution is 5.70. The van der Waals surface area contributed by atoms with Crippen molar-refractivity contribution < 1.29 is 14.6 Å². The van der Waals surface area contributed by atoms with E-state index in [0.29, 0.717) is 0 Å². The largest absolute Gasteiger partial charge is 0.497 e. The summed E-state index contributed by atoms with van der Waals surface area (Å²) in [4.78, 5) is 11.1. The Kier molecular flexibility index (Phi) is 4.80. The minimum atomic E-state index is -0.648. The van der Waals surface area contributed by atoms with Crippen LogP contribution in [0.1, 0.15) is 24.8 Å². The van der Waals surface area contributed by atoms with Crippen LogP contribution in [0.3, 0.4) is 0 Å². The summed E-state index contributed by atoms with van der Waals surface area (Å²) < 4.78 is 5.18. The third kappa shape index (κ3) is 3.70. The Morgan fingerprint density at radius 1 is 1.47 bits per heavy atom. The molecule has 2 unspecified atom stereocenters. The smallest absolute Gasteiger partial charge is 0.306 e. The molecule has 104 valence electrons. The molecule has 4 nitrogen and oxygen atoms in total. The standard InChI is InChI=1S/C15H21NO3/c1-19-13-6-2-4-11(8-13)9-16-10-12-5-3-7-14(12)15(17)18/h2,4,6,8,12,14,16H,3,5,7,9-10H2,1H3,(H,17,18). The van der Waals surface area contributed by atoms with Crippen LogP contribution >= 0.6 is 0 Å². The first kappa shape index (κ1) is 13.9. The average molecular weight is 263 g/mol. The monoisotopic (exact) mass is 263 g/mol. The van der Waals surface area contributed by atoms with Gasteiger partial charge in [-0.1, -0.05) is 18.6 Å². The Bertz CT molecular complexity index is 433. The van der Waals surface area contributed by atoms with Gasteiger partial charge in [-0.15, -0.1) is 0 Å². The van der Waals surface area contributed by atoms with Crippen LogP contribution in [-0.4, -0.2) is 24.7 Å². The van der Waals surface area contributed by atoms with Gasteiger partial charge in [0.05, 0.1) is 13.0 Å². The molecule has 0 saturated heterocycles. The summed E-state index contributed by atoms with van der Waals surface area (Å²) in [6.07, 6.45) is 2.87. The van der Waals surface area contributed by atoms with Gasteiger partial charge in [-0.25, -0.2) is 0 Å². The van der Waals surface area contributed by atoms with Crippen molar-refractivity contribution in [3.8, 4) is 5.75 Å². The van der Waals surface area contributed by atoms with Gasteiger partial charge in [0.2, 0.25) is 0 Å². The number of methoxy groups -OCH3 is 1. The highest BCUT2D eigenvalue weighted by Gasteiger charge is 2.32. The maximum absolute atomic E-state index is 11.1. The molecule has 0 bridgehead atoms. The molecule has 1 aromatic carbocycles. The Labute approximate surface area is 113 Å². The molecule has 2 N–H and O–H groups in total. The zero-order valence-corrected chi connectivity index (χ0v) is 11.3. The summed E-state index contributed by atoms with van der Waals surface area (Å²) in [5.41, 5.74) is 1.16. The molecule has 2 atom stereocenters. The van der Waals surface area contributed by atoms with Gasteiger partial charge in [-0.3, -0.25) is 4.79 Å². The summed E-state index contributed by atoms with van der Waals surface area (Å²) in [6.45, 7) is 1.52. The molecule has 1 saturated carbocycles. The molecule has 0 radical (unpaired) electrons. The van der Waals surface area contributed by atoms with Crippen molar-refractivity contribution in [3.05, 3.63) is 29.8 Å². The molecule has 0 amide bonds. The molecule has 0 spiro atoms. The SMILES string of the molecule is COc1cccc(CNCC2CCCC2C(=O)O)c1. The zero-order chi connectivity index (χ0) is 13.7. The summed E-state index contributed by atoms with van der Waals surface area (Å²) in [5, 5.41) is 12.5. The molecule has 0 heterocycles. The Balaban J connectivity index is 1.81. The number of carboxylic acid groups (broad SMARTS) is 1. The van der Waals surface area contributed by atoms with Crippen molar-refractivity contribution >= 4 is 5.97 Å². The number of carbonyl (C=O) groups is 1. The first-order chi connectivity index (χ1) is 9.20. The first-order valence-electron chi connectivity index (χ1n) is 6.77. The van der Waals surface area contributed by atoms with E-state index < -0.39 is 5.97 Å². The normalized spacial score (nSPS) is 22.4. The van der Waals surface area contributed by atoms with Crippen LogP contribution in [0, 0.1) is 11.8 Å². The van der Waals surface area contributed by atoms with Gasteiger partial charge in [0.25, 0.3) is 0 Å². The van der Waals surface area contributed by atoms with Crippen molar-refractivity contribution in [1.29, 1.82) is 0 Å². The van der Waals surface area contributed by atoms with Crippen LogP contribution in [0.25, 0.3) is 0 Å². The molecule has 1 aliphatic rings. The van der Waals surface area contributed by atoms with Crippen molar-refractivity contribution in [2.75, 3.05) is 13.7 Å².